The van der Waals surface area contributed by atoms with E-state index in [9.17, 15) is 0 Å². The highest BCUT2D eigenvalue weighted by Gasteiger charge is 2.32. The monoisotopic (exact) mass is 156 g/mol. The molecule has 0 radical (unpaired) electrons. The van der Waals surface area contributed by atoms with Crippen molar-refractivity contribution in [1.29, 1.82) is 0 Å². The Hall–Kier alpha value is -0.0951. The fourth-order valence-corrected chi connectivity index (χ4v) is 1.45. The second-order valence-electron chi connectivity index (χ2n) is 2.83. The summed E-state index contributed by atoms with van der Waals surface area (Å²) in [6, 6.07) is 0. The van der Waals surface area contributed by atoms with E-state index >= 15 is 0 Å². The molecule has 0 atom stereocenters. The van der Waals surface area contributed by atoms with E-state index in [4.69, 9.17) is 9.31 Å². The predicted octanol–water partition coefficient (Wildman–Crippen LogP) is -1.08. The van der Waals surface area contributed by atoms with Crippen LogP contribution in [0, 0.1) is 0 Å². The maximum absolute atomic E-state index is 5.37. The summed E-state index contributed by atoms with van der Waals surface area (Å²) in [5.74, 6) is 0. The minimum atomic E-state index is -0.0582. The Kier molecular flexibility index (Phi) is 2.43. The molecule has 0 aromatic heterocycles. The molecule has 1 N–H and O–H groups in total. The summed E-state index contributed by atoms with van der Waals surface area (Å²) in [6.07, 6.45) is 0. The van der Waals surface area contributed by atoms with Crippen molar-refractivity contribution in [2.24, 2.45) is 0 Å². The smallest absolute Gasteiger partial charge is 0.395 e. The zero-order valence-corrected chi connectivity index (χ0v) is 6.58. The van der Waals surface area contributed by atoms with Gasteiger partial charge in [0.05, 0.1) is 13.2 Å². The third-order valence-electron chi connectivity index (χ3n) is 2.05. The average Bonchev–Trinajstić information content (AvgIpc) is 2.58. The van der Waals surface area contributed by atoms with Crippen LogP contribution in [-0.4, -0.2) is 51.5 Å². The summed E-state index contributed by atoms with van der Waals surface area (Å²) in [5, 5.41) is 3.29. The predicted molar refractivity (Wildman–Crippen MR) is 42.1 cm³/mol. The van der Waals surface area contributed by atoms with E-state index in [1.807, 2.05) is 0 Å². The summed E-state index contributed by atoms with van der Waals surface area (Å²) in [7, 11) is -0.0582. The molecule has 0 spiro atoms. The van der Waals surface area contributed by atoms with Gasteiger partial charge in [-0.15, -0.1) is 0 Å². The third-order valence-corrected chi connectivity index (χ3v) is 2.05. The molecule has 0 aliphatic carbocycles. The number of rotatable bonds is 1. The van der Waals surface area contributed by atoms with E-state index in [2.05, 4.69) is 10.1 Å². The van der Waals surface area contributed by atoms with Crippen LogP contribution in [0.2, 0.25) is 0 Å². The van der Waals surface area contributed by atoms with Gasteiger partial charge in [-0.2, -0.15) is 0 Å². The molecule has 2 fully saturated rings. The summed E-state index contributed by atoms with van der Waals surface area (Å²) < 4.78 is 10.7. The van der Waals surface area contributed by atoms with E-state index in [1.165, 1.54) is 0 Å². The van der Waals surface area contributed by atoms with Gasteiger partial charge in [-0.3, -0.25) is 4.81 Å². The Balaban J connectivity index is 1.82. The normalized spacial score (nSPS) is 27.8. The molecule has 11 heavy (non-hydrogen) atoms. The topological polar surface area (TPSA) is 33.7 Å². The van der Waals surface area contributed by atoms with Crippen molar-refractivity contribution in [2.45, 2.75) is 0 Å². The van der Waals surface area contributed by atoms with Crippen LogP contribution in [0.4, 0.5) is 0 Å². The van der Waals surface area contributed by atoms with Gasteiger partial charge in [0.25, 0.3) is 0 Å². The van der Waals surface area contributed by atoms with E-state index in [1.54, 1.807) is 0 Å². The van der Waals surface area contributed by atoms with E-state index in [0.717, 1.165) is 39.4 Å². The molecule has 2 heterocycles. The van der Waals surface area contributed by atoms with Crippen LogP contribution >= 0.6 is 0 Å². The Labute approximate surface area is 67.0 Å². The van der Waals surface area contributed by atoms with Gasteiger partial charge in [0.15, 0.2) is 0 Å². The zero-order chi connectivity index (χ0) is 7.52. The largest absolute Gasteiger partial charge is 0.557 e. The fraction of sp³-hybridized carbons (Fsp3) is 1.00. The lowest BCUT2D eigenvalue weighted by molar-refractivity contribution is 0.240. The van der Waals surface area contributed by atoms with Crippen LogP contribution in [-0.2, 0) is 9.31 Å². The Morgan fingerprint density at radius 3 is 2.36 bits per heavy atom. The number of piperazine rings is 1. The molecule has 2 rings (SSSR count). The SMILES string of the molecule is C1CN(B2OCCO2)CCN1. The van der Waals surface area contributed by atoms with Gasteiger partial charge in [0, 0.05) is 26.2 Å². The Bertz CT molecular complexity index is 124. The molecule has 2 aliphatic rings. The molecule has 5 heteroatoms. The molecule has 0 amide bonds. The maximum Gasteiger partial charge on any atom is 0.557 e. The van der Waals surface area contributed by atoms with E-state index in [-0.39, 0.29) is 7.25 Å². The third kappa shape index (κ3) is 1.73. The molecular weight excluding hydrogens is 143 g/mol. The van der Waals surface area contributed by atoms with Crippen LogP contribution in [0.5, 0.6) is 0 Å². The number of nitrogens with one attached hydrogen (secondary N) is 1. The van der Waals surface area contributed by atoms with Gasteiger partial charge in [-0.1, -0.05) is 0 Å². The van der Waals surface area contributed by atoms with Crippen molar-refractivity contribution in [3.05, 3.63) is 0 Å². The van der Waals surface area contributed by atoms with Crippen LogP contribution in [0.15, 0.2) is 0 Å². The Morgan fingerprint density at radius 2 is 1.73 bits per heavy atom. The van der Waals surface area contributed by atoms with Crippen molar-refractivity contribution in [2.75, 3.05) is 39.4 Å². The van der Waals surface area contributed by atoms with Crippen LogP contribution in [0.1, 0.15) is 0 Å². The minimum Gasteiger partial charge on any atom is -0.395 e. The lowest BCUT2D eigenvalue weighted by atomic mass is 10.0. The fourth-order valence-electron chi connectivity index (χ4n) is 1.45. The Morgan fingerprint density at radius 1 is 1.09 bits per heavy atom. The second-order valence-corrected chi connectivity index (χ2v) is 2.83. The number of nitrogens with zero attached hydrogens (tertiary/aromatic N) is 1. The highest BCUT2D eigenvalue weighted by molar-refractivity contribution is 6.41. The maximum atomic E-state index is 5.37. The zero-order valence-electron chi connectivity index (χ0n) is 6.58. The van der Waals surface area contributed by atoms with Gasteiger partial charge in [0.1, 0.15) is 0 Å². The molecule has 2 saturated heterocycles. The molecule has 0 unspecified atom stereocenters. The summed E-state index contributed by atoms with van der Waals surface area (Å²) >= 11 is 0. The first-order chi connectivity index (χ1) is 5.47. The first-order valence-corrected chi connectivity index (χ1v) is 4.15. The number of hydrogen-bond acceptors (Lipinski definition) is 4. The molecule has 2 aliphatic heterocycles. The lowest BCUT2D eigenvalue weighted by Crippen LogP contribution is -2.51. The molecule has 0 bridgehead atoms. The molecule has 0 saturated carbocycles. The van der Waals surface area contributed by atoms with E-state index < -0.39 is 0 Å². The van der Waals surface area contributed by atoms with Gasteiger partial charge < -0.3 is 14.6 Å². The van der Waals surface area contributed by atoms with Gasteiger partial charge in [-0.05, 0) is 0 Å². The minimum absolute atomic E-state index is 0.0582. The highest BCUT2D eigenvalue weighted by Crippen LogP contribution is 2.05. The first-order valence-electron chi connectivity index (χ1n) is 4.15. The van der Waals surface area contributed by atoms with Crippen LogP contribution in [0.3, 0.4) is 0 Å². The number of hydrogen-bond donors (Lipinski definition) is 1. The summed E-state index contributed by atoms with van der Waals surface area (Å²) in [5.41, 5.74) is 0. The summed E-state index contributed by atoms with van der Waals surface area (Å²) in [4.78, 5) is 2.23. The molecule has 0 aromatic carbocycles. The van der Waals surface area contributed by atoms with Crippen molar-refractivity contribution in [3.8, 4) is 0 Å². The van der Waals surface area contributed by atoms with Gasteiger partial charge in [-0.25, -0.2) is 0 Å². The lowest BCUT2D eigenvalue weighted by Gasteiger charge is -2.27. The molecular formula is C6H13BN2O2. The van der Waals surface area contributed by atoms with Crippen LogP contribution in [0.25, 0.3) is 0 Å². The first kappa shape index (κ1) is 7.55. The van der Waals surface area contributed by atoms with E-state index in [0.29, 0.717) is 0 Å². The van der Waals surface area contributed by atoms with Crippen molar-refractivity contribution in [1.82, 2.24) is 10.1 Å². The van der Waals surface area contributed by atoms with Gasteiger partial charge >= 0.3 is 7.25 Å². The van der Waals surface area contributed by atoms with Crippen LogP contribution < -0.4 is 5.32 Å². The van der Waals surface area contributed by atoms with Crippen molar-refractivity contribution < 1.29 is 9.31 Å². The summed E-state index contributed by atoms with van der Waals surface area (Å²) in [6.45, 7) is 5.64. The second kappa shape index (κ2) is 3.54. The molecule has 62 valence electrons. The molecule has 4 nitrogen and oxygen atoms in total. The average molecular weight is 156 g/mol. The van der Waals surface area contributed by atoms with Gasteiger partial charge in [0.2, 0.25) is 0 Å². The van der Waals surface area contributed by atoms with Crippen molar-refractivity contribution in [3.63, 3.8) is 0 Å². The van der Waals surface area contributed by atoms with Crippen molar-refractivity contribution >= 4 is 7.25 Å². The highest BCUT2D eigenvalue weighted by atomic mass is 16.6. The molecule has 0 aromatic rings. The standard InChI is InChI=1S/C6H13BN2O2/c1-3-9(4-2-8-1)7-10-5-6-11-7/h8H,1-6H2. The quantitative estimate of drug-likeness (QED) is 0.490.